The van der Waals surface area contributed by atoms with Crippen LogP contribution in [0.3, 0.4) is 0 Å². The molecule has 47 heavy (non-hydrogen) atoms. The van der Waals surface area contributed by atoms with E-state index in [1.54, 1.807) is 49.4 Å². The van der Waals surface area contributed by atoms with Gasteiger partial charge in [-0.1, -0.05) is 72.0 Å². The second-order valence-corrected chi connectivity index (χ2v) is 11.5. The number of fused-ring (bicyclic) bond motifs is 1. The Labute approximate surface area is 273 Å². The van der Waals surface area contributed by atoms with Crippen LogP contribution in [-0.4, -0.2) is 24.3 Å². The largest absolute Gasteiger partial charge is 0.493 e. The molecule has 0 bridgehead atoms. The summed E-state index contributed by atoms with van der Waals surface area (Å²) in [6.45, 7) is 2.11. The predicted molar refractivity (Wildman–Crippen MR) is 176 cm³/mol. The number of carbonyl (C=O) groups is 1. The highest BCUT2D eigenvalue weighted by Crippen LogP contribution is 2.35. The summed E-state index contributed by atoms with van der Waals surface area (Å²) in [5, 5.41) is 9.03. The molecule has 10 heteroatoms. The number of aromatic nitrogens is 1. The molecule has 8 nitrogen and oxygen atoms in total. The zero-order valence-electron chi connectivity index (χ0n) is 25.5. The molecular formula is C37H28FN3O5S. The standard InChI is InChI=1S/C37H28FN3O5S/c1-3-45-36(43)32-33(26-7-5-4-6-8-26)40-37-41(34(32)27-14-16-28(38)17-15-27)35(42)31(47-37)20-25-13-18-29(30(19-25)44-2)46-22-24-11-9-23(21-39)10-12-24/h4-20,34H,3,22H2,1-2H3/b31-20-/t34-/m0/s1. The maximum absolute atomic E-state index is 14.1. The van der Waals surface area contributed by atoms with E-state index in [0.29, 0.717) is 48.8 Å². The minimum Gasteiger partial charge on any atom is -0.493 e. The van der Waals surface area contributed by atoms with Gasteiger partial charge in [0.2, 0.25) is 0 Å². The fourth-order valence-corrected chi connectivity index (χ4v) is 6.28. The van der Waals surface area contributed by atoms with Crippen LogP contribution in [0.15, 0.2) is 112 Å². The Morgan fingerprint density at radius 1 is 1.02 bits per heavy atom. The topological polar surface area (TPSA) is 103 Å². The van der Waals surface area contributed by atoms with E-state index in [2.05, 4.69) is 6.07 Å². The number of thiazole rings is 1. The Hall–Kier alpha value is -5.79. The normalized spacial score (nSPS) is 14.2. The number of nitrogens with zero attached hydrogens (tertiary/aromatic N) is 3. The van der Waals surface area contributed by atoms with Crippen LogP contribution in [0.5, 0.6) is 11.5 Å². The minimum absolute atomic E-state index is 0.125. The van der Waals surface area contributed by atoms with Crippen molar-refractivity contribution in [2.45, 2.75) is 19.6 Å². The molecule has 1 aromatic heterocycles. The van der Waals surface area contributed by atoms with Crippen LogP contribution in [0.2, 0.25) is 0 Å². The van der Waals surface area contributed by atoms with Crippen molar-refractivity contribution in [3.63, 3.8) is 0 Å². The van der Waals surface area contributed by atoms with E-state index in [4.69, 9.17) is 24.5 Å². The molecule has 0 saturated carbocycles. The SMILES string of the molecule is CCOC(=O)C1=C(c2ccccc2)N=c2s/c(=C\c3ccc(OCc4ccc(C#N)cc4)c(OC)c3)c(=O)n2[C@H]1c1ccc(F)cc1. The van der Waals surface area contributed by atoms with Gasteiger partial charge in [-0.25, -0.2) is 14.2 Å². The zero-order chi connectivity index (χ0) is 32.9. The molecular weight excluding hydrogens is 617 g/mol. The fourth-order valence-electron chi connectivity index (χ4n) is 5.28. The first kappa shape index (κ1) is 31.2. The zero-order valence-corrected chi connectivity index (χ0v) is 26.3. The molecule has 0 radical (unpaired) electrons. The summed E-state index contributed by atoms with van der Waals surface area (Å²) in [5.41, 5.74) is 3.58. The molecule has 0 unspecified atom stereocenters. The molecule has 0 N–H and O–H groups in total. The molecule has 0 spiro atoms. The van der Waals surface area contributed by atoms with Gasteiger partial charge in [-0.2, -0.15) is 5.26 Å². The molecule has 2 heterocycles. The van der Waals surface area contributed by atoms with Gasteiger partial charge >= 0.3 is 5.97 Å². The summed E-state index contributed by atoms with van der Waals surface area (Å²) in [5.74, 6) is -0.0666. The van der Waals surface area contributed by atoms with Gasteiger partial charge in [0, 0.05) is 5.56 Å². The average Bonchev–Trinajstić information content (AvgIpc) is 3.41. The summed E-state index contributed by atoms with van der Waals surface area (Å²) in [6, 6.07) is 28.6. The third kappa shape index (κ3) is 6.48. The molecule has 6 rings (SSSR count). The lowest BCUT2D eigenvalue weighted by atomic mass is 9.93. The van der Waals surface area contributed by atoms with Crippen molar-refractivity contribution in [3.05, 3.63) is 156 Å². The number of rotatable bonds is 9. The van der Waals surface area contributed by atoms with Crippen molar-refractivity contribution in [3.8, 4) is 17.6 Å². The van der Waals surface area contributed by atoms with E-state index in [1.807, 2.05) is 48.5 Å². The van der Waals surface area contributed by atoms with Crippen molar-refractivity contribution in [1.29, 1.82) is 5.26 Å². The van der Waals surface area contributed by atoms with E-state index in [9.17, 15) is 14.0 Å². The molecule has 5 aromatic rings. The molecule has 4 aromatic carbocycles. The number of nitriles is 1. The highest BCUT2D eigenvalue weighted by atomic mass is 32.1. The molecule has 1 aliphatic rings. The van der Waals surface area contributed by atoms with Crippen LogP contribution < -0.4 is 24.4 Å². The first-order valence-corrected chi connectivity index (χ1v) is 15.6. The van der Waals surface area contributed by atoms with Gasteiger partial charge in [-0.05, 0) is 66.1 Å². The summed E-state index contributed by atoms with van der Waals surface area (Å²) in [7, 11) is 1.53. The number of ether oxygens (including phenoxy) is 3. The molecule has 0 amide bonds. The van der Waals surface area contributed by atoms with Gasteiger partial charge in [-0.15, -0.1) is 0 Å². The van der Waals surface area contributed by atoms with Crippen LogP contribution >= 0.6 is 11.3 Å². The Morgan fingerprint density at radius 3 is 2.45 bits per heavy atom. The first-order valence-electron chi connectivity index (χ1n) is 14.7. The average molecular weight is 646 g/mol. The molecule has 1 atom stereocenters. The van der Waals surface area contributed by atoms with E-state index in [-0.39, 0.29) is 24.3 Å². The molecule has 1 aliphatic heterocycles. The van der Waals surface area contributed by atoms with Gasteiger partial charge in [0.1, 0.15) is 12.4 Å². The number of methoxy groups -OCH3 is 1. The third-order valence-corrected chi connectivity index (χ3v) is 8.51. The smallest absolute Gasteiger partial charge is 0.338 e. The summed E-state index contributed by atoms with van der Waals surface area (Å²) < 4.78 is 32.9. The third-order valence-electron chi connectivity index (χ3n) is 7.52. The van der Waals surface area contributed by atoms with Crippen LogP contribution in [0.4, 0.5) is 4.39 Å². The number of hydrogen-bond acceptors (Lipinski definition) is 8. The maximum atomic E-state index is 14.1. The van der Waals surface area contributed by atoms with Gasteiger partial charge in [0.25, 0.3) is 5.56 Å². The molecule has 234 valence electrons. The highest BCUT2D eigenvalue weighted by molar-refractivity contribution is 7.07. The summed E-state index contributed by atoms with van der Waals surface area (Å²) in [4.78, 5) is 32.9. The van der Waals surface area contributed by atoms with Crippen molar-refractivity contribution in [1.82, 2.24) is 4.57 Å². The lowest BCUT2D eigenvalue weighted by Gasteiger charge is -2.25. The monoisotopic (exact) mass is 645 g/mol. The van der Waals surface area contributed by atoms with E-state index in [0.717, 1.165) is 5.56 Å². The lowest BCUT2D eigenvalue weighted by Crippen LogP contribution is -2.40. The lowest BCUT2D eigenvalue weighted by molar-refractivity contribution is -0.138. The van der Waals surface area contributed by atoms with Gasteiger partial charge < -0.3 is 14.2 Å². The van der Waals surface area contributed by atoms with Crippen molar-refractivity contribution in [2.75, 3.05) is 13.7 Å². The van der Waals surface area contributed by atoms with Crippen molar-refractivity contribution >= 4 is 29.1 Å². The van der Waals surface area contributed by atoms with Gasteiger partial charge in [0.05, 0.1) is 47.2 Å². The van der Waals surface area contributed by atoms with Crippen molar-refractivity contribution in [2.24, 2.45) is 4.99 Å². The Balaban J connectivity index is 1.44. The minimum atomic E-state index is -0.907. The van der Waals surface area contributed by atoms with Crippen LogP contribution in [0, 0.1) is 17.1 Å². The van der Waals surface area contributed by atoms with Crippen LogP contribution in [0.25, 0.3) is 11.8 Å². The van der Waals surface area contributed by atoms with Gasteiger partial charge in [-0.3, -0.25) is 9.36 Å². The van der Waals surface area contributed by atoms with E-state index >= 15 is 0 Å². The van der Waals surface area contributed by atoms with Crippen molar-refractivity contribution < 1.29 is 23.4 Å². The second-order valence-electron chi connectivity index (χ2n) is 10.5. The number of benzene rings is 4. The van der Waals surface area contributed by atoms with Crippen LogP contribution in [0.1, 0.15) is 40.8 Å². The number of carbonyl (C=O) groups excluding carboxylic acids is 1. The summed E-state index contributed by atoms with van der Waals surface area (Å²) >= 11 is 1.18. The first-order chi connectivity index (χ1) is 22.9. The highest BCUT2D eigenvalue weighted by Gasteiger charge is 2.35. The Kier molecular flexibility index (Phi) is 9.09. The second kappa shape index (κ2) is 13.7. The maximum Gasteiger partial charge on any atom is 0.338 e. The van der Waals surface area contributed by atoms with Gasteiger partial charge in [0.15, 0.2) is 16.3 Å². The number of hydrogen-bond donors (Lipinski definition) is 0. The van der Waals surface area contributed by atoms with E-state index in [1.165, 1.54) is 35.1 Å². The number of esters is 1. The Bertz CT molecular complexity index is 2200. The Morgan fingerprint density at radius 2 is 1.77 bits per heavy atom. The van der Waals surface area contributed by atoms with E-state index < -0.39 is 17.8 Å². The number of halogens is 1. The molecule has 0 aliphatic carbocycles. The molecule has 0 saturated heterocycles. The fraction of sp³-hybridized carbons (Fsp3) is 0.135. The predicted octanol–water partition coefficient (Wildman–Crippen LogP) is 5.53. The summed E-state index contributed by atoms with van der Waals surface area (Å²) in [6.07, 6.45) is 1.73. The quantitative estimate of drug-likeness (QED) is 0.195. The molecule has 0 fully saturated rings. The van der Waals surface area contributed by atoms with Crippen LogP contribution in [-0.2, 0) is 16.1 Å².